The Kier molecular flexibility index (Phi) is 4.29. The van der Waals surface area contributed by atoms with Crippen LogP contribution in [-0.4, -0.2) is 13.0 Å². The number of halogens is 1. The minimum Gasteiger partial charge on any atom is -0.495 e. The van der Waals surface area contributed by atoms with Crippen LogP contribution in [0.15, 0.2) is 40.9 Å². The van der Waals surface area contributed by atoms with Crippen molar-refractivity contribution in [3.63, 3.8) is 0 Å². The highest BCUT2D eigenvalue weighted by atomic mass is 79.9. The number of methoxy groups -OCH3 is 1. The van der Waals surface area contributed by atoms with Crippen LogP contribution in [0.2, 0.25) is 0 Å². The lowest BCUT2D eigenvalue weighted by Crippen LogP contribution is -2.14. The van der Waals surface area contributed by atoms with E-state index >= 15 is 0 Å². The second kappa shape index (κ2) is 5.96. The monoisotopic (exact) mass is 334 g/mol. The van der Waals surface area contributed by atoms with Crippen molar-refractivity contribution < 1.29 is 9.53 Å². The van der Waals surface area contributed by atoms with Crippen molar-refractivity contribution in [2.75, 3.05) is 18.2 Å². The predicted octanol–water partition coefficient (Wildman–Crippen LogP) is 3.60. The molecule has 0 atom stereocenters. The van der Waals surface area contributed by atoms with Gasteiger partial charge >= 0.3 is 0 Å². The van der Waals surface area contributed by atoms with Gasteiger partial charge in [0.2, 0.25) is 0 Å². The van der Waals surface area contributed by atoms with Gasteiger partial charge < -0.3 is 15.8 Å². The lowest BCUT2D eigenvalue weighted by molar-refractivity contribution is 0.102. The Balaban J connectivity index is 2.26. The smallest absolute Gasteiger partial charge is 0.256 e. The first-order chi connectivity index (χ1) is 9.52. The van der Waals surface area contributed by atoms with Crippen molar-refractivity contribution >= 4 is 33.2 Å². The standard InChI is InChI=1S/C15H15BrN2O2/c1-9-11(4-3-5-13(9)17)15(19)18-10-6-7-12(16)14(8-10)20-2/h3-8H,17H2,1-2H3,(H,18,19). The van der Waals surface area contributed by atoms with E-state index in [0.717, 1.165) is 10.0 Å². The van der Waals surface area contributed by atoms with E-state index in [0.29, 0.717) is 22.7 Å². The van der Waals surface area contributed by atoms with Crippen LogP contribution in [0.1, 0.15) is 15.9 Å². The maximum atomic E-state index is 12.3. The molecular weight excluding hydrogens is 320 g/mol. The number of carbonyl (C=O) groups excluding carboxylic acids is 1. The molecule has 3 N–H and O–H groups in total. The third-order valence-corrected chi connectivity index (χ3v) is 3.68. The Morgan fingerprint density at radius 1 is 1.30 bits per heavy atom. The van der Waals surface area contributed by atoms with Crippen LogP contribution in [0.4, 0.5) is 11.4 Å². The van der Waals surface area contributed by atoms with Crippen LogP contribution in [0.3, 0.4) is 0 Å². The summed E-state index contributed by atoms with van der Waals surface area (Å²) in [7, 11) is 1.58. The summed E-state index contributed by atoms with van der Waals surface area (Å²) in [4.78, 5) is 12.3. The summed E-state index contributed by atoms with van der Waals surface area (Å²) in [6, 6.07) is 10.7. The molecule has 5 heteroatoms. The topological polar surface area (TPSA) is 64.3 Å². The molecule has 20 heavy (non-hydrogen) atoms. The minimum absolute atomic E-state index is 0.195. The zero-order valence-corrected chi connectivity index (χ0v) is 12.8. The van der Waals surface area contributed by atoms with Crippen LogP contribution >= 0.6 is 15.9 Å². The Labute approximate surface area is 126 Å². The molecule has 0 aliphatic heterocycles. The molecular formula is C15H15BrN2O2. The fraction of sp³-hybridized carbons (Fsp3) is 0.133. The molecule has 0 fully saturated rings. The number of amides is 1. The van der Waals surface area contributed by atoms with Crippen LogP contribution in [0, 0.1) is 6.92 Å². The lowest BCUT2D eigenvalue weighted by atomic mass is 10.1. The maximum absolute atomic E-state index is 12.3. The Bertz CT molecular complexity index is 656. The second-order valence-electron chi connectivity index (χ2n) is 4.32. The maximum Gasteiger partial charge on any atom is 0.256 e. The minimum atomic E-state index is -0.195. The predicted molar refractivity (Wildman–Crippen MR) is 84.2 cm³/mol. The van der Waals surface area contributed by atoms with Gasteiger partial charge in [-0.15, -0.1) is 0 Å². The summed E-state index contributed by atoms with van der Waals surface area (Å²) >= 11 is 3.37. The highest BCUT2D eigenvalue weighted by Gasteiger charge is 2.11. The number of nitrogens with one attached hydrogen (secondary N) is 1. The largest absolute Gasteiger partial charge is 0.495 e. The van der Waals surface area contributed by atoms with E-state index < -0.39 is 0 Å². The molecule has 0 heterocycles. The molecule has 0 aliphatic carbocycles. The number of hydrogen-bond donors (Lipinski definition) is 2. The molecule has 2 rings (SSSR count). The van der Waals surface area contributed by atoms with E-state index in [1.54, 1.807) is 37.4 Å². The van der Waals surface area contributed by atoms with Gasteiger partial charge in [-0.05, 0) is 52.7 Å². The summed E-state index contributed by atoms with van der Waals surface area (Å²) in [5, 5.41) is 2.83. The van der Waals surface area contributed by atoms with E-state index in [1.807, 2.05) is 13.0 Å². The van der Waals surface area contributed by atoms with Gasteiger partial charge in [0.05, 0.1) is 11.6 Å². The number of ether oxygens (including phenoxy) is 1. The van der Waals surface area contributed by atoms with Gasteiger partial charge in [-0.3, -0.25) is 4.79 Å². The number of nitrogen functional groups attached to an aromatic ring is 1. The first-order valence-corrected chi connectivity index (χ1v) is 6.82. The normalized spacial score (nSPS) is 10.2. The first kappa shape index (κ1) is 14.4. The molecule has 0 aliphatic rings. The molecule has 0 spiro atoms. The molecule has 0 saturated heterocycles. The Hall–Kier alpha value is -2.01. The van der Waals surface area contributed by atoms with Crippen molar-refractivity contribution in [1.82, 2.24) is 0 Å². The zero-order valence-electron chi connectivity index (χ0n) is 11.2. The molecule has 1 amide bonds. The van der Waals surface area contributed by atoms with Gasteiger partial charge in [-0.2, -0.15) is 0 Å². The average Bonchev–Trinajstić information content (AvgIpc) is 2.43. The van der Waals surface area contributed by atoms with E-state index in [4.69, 9.17) is 10.5 Å². The van der Waals surface area contributed by atoms with E-state index in [9.17, 15) is 4.79 Å². The summed E-state index contributed by atoms with van der Waals surface area (Å²) in [5.74, 6) is 0.464. The van der Waals surface area contributed by atoms with Crippen molar-refractivity contribution in [1.29, 1.82) is 0 Å². The van der Waals surface area contributed by atoms with Gasteiger partial charge in [0.1, 0.15) is 5.75 Å². The molecule has 104 valence electrons. The van der Waals surface area contributed by atoms with E-state index in [-0.39, 0.29) is 5.91 Å². The lowest BCUT2D eigenvalue weighted by Gasteiger charge is -2.11. The van der Waals surface area contributed by atoms with Gasteiger partial charge in [-0.25, -0.2) is 0 Å². The van der Waals surface area contributed by atoms with Crippen LogP contribution in [-0.2, 0) is 0 Å². The summed E-state index contributed by atoms with van der Waals surface area (Å²) in [6.07, 6.45) is 0. The third-order valence-electron chi connectivity index (χ3n) is 3.03. The molecule has 2 aromatic rings. The number of rotatable bonds is 3. The Morgan fingerprint density at radius 3 is 2.75 bits per heavy atom. The number of hydrogen-bond acceptors (Lipinski definition) is 3. The SMILES string of the molecule is COc1cc(NC(=O)c2cccc(N)c2C)ccc1Br. The van der Waals surface area contributed by atoms with Crippen molar-refractivity contribution in [2.45, 2.75) is 6.92 Å². The van der Waals surface area contributed by atoms with Crippen LogP contribution in [0.25, 0.3) is 0 Å². The average molecular weight is 335 g/mol. The molecule has 2 aromatic carbocycles. The van der Waals surface area contributed by atoms with Gasteiger partial charge in [0.25, 0.3) is 5.91 Å². The quantitative estimate of drug-likeness (QED) is 0.843. The van der Waals surface area contributed by atoms with Crippen LogP contribution in [0.5, 0.6) is 5.75 Å². The molecule has 0 bridgehead atoms. The van der Waals surface area contributed by atoms with Crippen molar-refractivity contribution in [2.24, 2.45) is 0 Å². The summed E-state index contributed by atoms with van der Waals surface area (Å²) < 4.78 is 6.03. The molecule has 0 saturated carbocycles. The highest BCUT2D eigenvalue weighted by molar-refractivity contribution is 9.10. The Morgan fingerprint density at radius 2 is 2.05 bits per heavy atom. The summed E-state index contributed by atoms with van der Waals surface area (Å²) in [5.41, 5.74) is 8.41. The molecule has 0 aromatic heterocycles. The van der Waals surface area contributed by atoms with E-state index in [2.05, 4.69) is 21.2 Å². The van der Waals surface area contributed by atoms with Gasteiger partial charge in [-0.1, -0.05) is 6.07 Å². The molecule has 0 unspecified atom stereocenters. The van der Waals surface area contributed by atoms with Crippen molar-refractivity contribution in [3.8, 4) is 5.75 Å². The number of carbonyl (C=O) groups is 1. The number of benzene rings is 2. The number of anilines is 2. The van der Waals surface area contributed by atoms with Crippen molar-refractivity contribution in [3.05, 3.63) is 52.0 Å². The number of nitrogens with two attached hydrogens (primary N) is 1. The fourth-order valence-corrected chi connectivity index (χ4v) is 2.24. The van der Waals surface area contributed by atoms with Crippen LogP contribution < -0.4 is 15.8 Å². The van der Waals surface area contributed by atoms with Gasteiger partial charge in [0.15, 0.2) is 0 Å². The first-order valence-electron chi connectivity index (χ1n) is 6.03. The summed E-state index contributed by atoms with van der Waals surface area (Å²) in [6.45, 7) is 1.83. The third kappa shape index (κ3) is 2.93. The zero-order chi connectivity index (χ0) is 14.7. The molecule has 4 nitrogen and oxygen atoms in total. The molecule has 0 radical (unpaired) electrons. The second-order valence-corrected chi connectivity index (χ2v) is 5.18. The highest BCUT2D eigenvalue weighted by Crippen LogP contribution is 2.28. The fourth-order valence-electron chi connectivity index (χ4n) is 1.84. The van der Waals surface area contributed by atoms with E-state index in [1.165, 1.54) is 0 Å². The van der Waals surface area contributed by atoms with Gasteiger partial charge in [0, 0.05) is 23.0 Å².